The SMILES string of the molecule is C=C(C(=O)N1CCN(C(=C)c2ccccc2)CC1)c1c[nH]c2c(Br)ccc(OC)c12. The quantitative estimate of drug-likeness (QED) is 0.552. The molecule has 1 N–H and O–H groups in total. The van der Waals surface area contributed by atoms with E-state index >= 15 is 0 Å². The Hall–Kier alpha value is -2.99. The molecule has 6 heteroatoms. The average molecular weight is 466 g/mol. The minimum atomic E-state index is -0.0529. The van der Waals surface area contributed by atoms with E-state index in [1.54, 1.807) is 7.11 Å². The lowest BCUT2D eigenvalue weighted by atomic mass is 10.0. The number of amides is 1. The standard InChI is InChI=1S/C24H24BrN3O2/c1-16(19-15-26-23-20(25)9-10-21(30-3)22(19)23)24(29)28-13-11-27(12-14-28)17(2)18-7-5-4-6-8-18/h4-10,15,26H,1-2,11-14H2,3H3. The van der Waals surface area contributed by atoms with E-state index in [4.69, 9.17) is 4.74 Å². The molecule has 0 bridgehead atoms. The molecule has 0 unspecified atom stereocenters. The number of hydrogen-bond donors (Lipinski definition) is 1. The number of halogens is 1. The van der Waals surface area contributed by atoms with Crippen LogP contribution in [0, 0.1) is 0 Å². The molecule has 1 saturated heterocycles. The fourth-order valence-electron chi connectivity index (χ4n) is 3.89. The van der Waals surface area contributed by atoms with Crippen molar-refractivity contribution in [2.45, 2.75) is 0 Å². The summed E-state index contributed by atoms with van der Waals surface area (Å²) in [5, 5.41) is 0.862. The van der Waals surface area contributed by atoms with Crippen molar-refractivity contribution in [3.8, 4) is 5.75 Å². The van der Waals surface area contributed by atoms with Crippen LogP contribution in [0.4, 0.5) is 0 Å². The number of carbonyl (C=O) groups excluding carboxylic acids is 1. The molecule has 0 atom stereocenters. The molecule has 1 fully saturated rings. The van der Waals surface area contributed by atoms with Crippen molar-refractivity contribution in [2.75, 3.05) is 33.3 Å². The van der Waals surface area contributed by atoms with Gasteiger partial charge in [0.25, 0.3) is 5.91 Å². The number of piperazine rings is 1. The fourth-order valence-corrected chi connectivity index (χ4v) is 4.33. The molecule has 0 saturated carbocycles. The van der Waals surface area contributed by atoms with Gasteiger partial charge in [0.1, 0.15) is 5.75 Å². The Labute approximate surface area is 184 Å². The van der Waals surface area contributed by atoms with Gasteiger partial charge in [0.2, 0.25) is 0 Å². The molecule has 5 nitrogen and oxygen atoms in total. The lowest BCUT2D eigenvalue weighted by Gasteiger charge is -2.37. The largest absolute Gasteiger partial charge is 0.496 e. The molecule has 3 aromatic rings. The third-order valence-electron chi connectivity index (χ3n) is 5.61. The van der Waals surface area contributed by atoms with Gasteiger partial charge in [-0.2, -0.15) is 0 Å². The van der Waals surface area contributed by atoms with Crippen LogP contribution in [0.5, 0.6) is 5.75 Å². The summed E-state index contributed by atoms with van der Waals surface area (Å²) < 4.78 is 6.43. The lowest BCUT2D eigenvalue weighted by molar-refractivity contribution is -0.126. The normalized spacial score (nSPS) is 14.1. The number of aromatic nitrogens is 1. The second-order valence-corrected chi connectivity index (χ2v) is 8.13. The number of nitrogens with one attached hydrogen (secondary N) is 1. The number of ether oxygens (including phenoxy) is 1. The number of H-pyrrole nitrogens is 1. The first-order valence-electron chi connectivity index (χ1n) is 9.82. The first-order chi connectivity index (χ1) is 14.5. The minimum absolute atomic E-state index is 0.0529. The molecule has 1 aliphatic rings. The Kier molecular flexibility index (Phi) is 5.68. The van der Waals surface area contributed by atoms with E-state index in [2.05, 4.69) is 51.1 Å². The van der Waals surface area contributed by atoms with Gasteiger partial charge in [0.15, 0.2) is 0 Å². The zero-order valence-corrected chi connectivity index (χ0v) is 18.5. The summed E-state index contributed by atoms with van der Waals surface area (Å²) in [6.45, 7) is 11.1. The number of hydrogen-bond acceptors (Lipinski definition) is 3. The van der Waals surface area contributed by atoms with E-state index in [1.165, 1.54) is 0 Å². The molecule has 0 aliphatic carbocycles. The van der Waals surface area contributed by atoms with E-state index in [-0.39, 0.29) is 5.91 Å². The van der Waals surface area contributed by atoms with Crippen molar-refractivity contribution in [1.29, 1.82) is 0 Å². The number of benzene rings is 2. The van der Waals surface area contributed by atoms with Gasteiger partial charge >= 0.3 is 0 Å². The van der Waals surface area contributed by atoms with E-state index in [0.29, 0.717) is 24.4 Å². The lowest BCUT2D eigenvalue weighted by Crippen LogP contribution is -2.47. The molecule has 1 amide bonds. The van der Waals surface area contributed by atoms with Gasteiger partial charge in [0, 0.05) is 53.7 Å². The molecule has 1 aliphatic heterocycles. The van der Waals surface area contributed by atoms with Crippen molar-refractivity contribution in [2.24, 2.45) is 0 Å². The van der Waals surface area contributed by atoms with E-state index < -0.39 is 0 Å². The summed E-state index contributed by atoms with van der Waals surface area (Å²) >= 11 is 3.55. The Bertz CT molecular complexity index is 1110. The van der Waals surface area contributed by atoms with Crippen molar-refractivity contribution >= 4 is 44.0 Å². The highest BCUT2D eigenvalue weighted by molar-refractivity contribution is 9.10. The maximum Gasteiger partial charge on any atom is 0.254 e. The van der Waals surface area contributed by atoms with Crippen LogP contribution >= 0.6 is 15.9 Å². The number of nitrogens with zero attached hydrogens (tertiary/aromatic N) is 2. The number of rotatable bonds is 5. The summed E-state index contributed by atoms with van der Waals surface area (Å²) in [7, 11) is 1.63. The van der Waals surface area contributed by atoms with Crippen molar-refractivity contribution in [3.05, 3.63) is 77.4 Å². The number of fused-ring (bicyclic) bond motifs is 1. The Morgan fingerprint density at radius 3 is 2.37 bits per heavy atom. The van der Waals surface area contributed by atoms with Crippen LogP contribution in [0.1, 0.15) is 11.1 Å². The van der Waals surface area contributed by atoms with Crippen LogP contribution in [-0.4, -0.2) is 54.0 Å². The third kappa shape index (κ3) is 3.63. The number of aromatic amines is 1. The Balaban J connectivity index is 1.49. The predicted octanol–water partition coefficient (Wildman–Crippen LogP) is 4.77. The van der Waals surface area contributed by atoms with Crippen LogP contribution in [0.25, 0.3) is 22.2 Å². The first-order valence-corrected chi connectivity index (χ1v) is 10.6. The molecular formula is C24H24BrN3O2. The molecule has 2 heterocycles. The average Bonchev–Trinajstić information content (AvgIpc) is 3.25. The Morgan fingerprint density at radius 2 is 1.70 bits per heavy atom. The highest BCUT2D eigenvalue weighted by Gasteiger charge is 2.26. The molecule has 4 rings (SSSR count). The molecule has 30 heavy (non-hydrogen) atoms. The van der Waals surface area contributed by atoms with Gasteiger partial charge in [-0.3, -0.25) is 4.79 Å². The van der Waals surface area contributed by atoms with Gasteiger partial charge in [-0.25, -0.2) is 0 Å². The maximum absolute atomic E-state index is 13.2. The third-order valence-corrected chi connectivity index (χ3v) is 6.27. The van der Waals surface area contributed by atoms with Crippen molar-refractivity contribution in [1.82, 2.24) is 14.8 Å². The predicted molar refractivity (Wildman–Crippen MR) is 125 cm³/mol. The second-order valence-electron chi connectivity index (χ2n) is 7.27. The number of methoxy groups -OCH3 is 1. The van der Waals surface area contributed by atoms with Crippen LogP contribution in [0.15, 0.2) is 66.3 Å². The van der Waals surface area contributed by atoms with Crippen molar-refractivity contribution < 1.29 is 9.53 Å². The van der Waals surface area contributed by atoms with Gasteiger partial charge < -0.3 is 19.5 Å². The molecule has 0 radical (unpaired) electrons. The summed E-state index contributed by atoms with van der Waals surface area (Å²) in [5.74, 6) is 0.658. The summed E-state index contributed by atoms with van der Waals surface area (Å²) in [4.78, 5) is 20.5. The van der Waals surface area contributed by atoms with Crippen molar-refractivity contribution in [3.63, 3.8) is 0 Å². The van der Waals surface area contributed by atoms with Crippen LogP contribution in [0.2, 0.25) is 0 Å². The molecule has 154 valence electrons. The second kappa shape index (κ2) is 8.40. The van der Waals surface area contributed by atoms with E-state index in [9.17, 15) is 4.79 Å². The molecule has 0 spiro atoms. The fraction of sp³-hybridized carbons (Fsp3) is 0.208. The topological polar surface area (TPSA) is 48.6 Å². The highest BCUT2D eigenvalue weighted by atomic mass is 79.9. The monoisotopic (exact) mass is 465 g/mol. The summed E-state index contributed by atoms with van der Waals surface area (Å²) in [5.41, 5.74) is 4.23. The molecule has 2 aromatic carbocycles. The molecule has 1 aromatic heterocycles. The smallest absolute Gasteiger partial charge is 0.254 e. The summed E-state index contributed by atoms with van der Waals surface area (Å²) in [6, 6.07) is 13.9. The van der Waals surface area contributed by atoms with Crippen LogP contribution in [0.3, 0.4) is 0 Å². The Morgan fingerprint density at radius 1 is 1.03 bits per heavy atom. The summed E-state index contributed by atoms with van der Waals surface area (Å²) in [6.07, 6.45) is 1.83. The van der Waals surface area contributed by atoms with Gasteiger partial charge in [0.05, 0.1) is 18.0 Å². The highest BCUT2D eigenvalue weighted by Crippen LogP contribution is 2.36. The van der Waals surface area contributed by atoms with Gasteiger partial charge in [-0.1, -0.05) is 43.5 Å². The zero-order valence-electron chi connectivity index (χ0n) is 17.0. The van der Waals surface area contributed by atoms with E-state index in [0.717, 1.165) is 45.3 Å². The molecular weight excluding hydrogens is 442 g/mol. The number of carbonyl (C=O) groups is 1. The van der Waals surface area contributed by atoms with Crippen LogP contribution < -0.4 is 4.74 Å². The van der Waals surface area contributed by atoms with Crippen LogP contribution in [-0.2, 0) is 4.79 Å². The first kappa shape index (κ1) is 20.3. The minimum Gasteiger partial charge on any atom is -0.496 e. The zero-order chi connectivity index (χ0) is 21.3. The van der Waals surface area contributed by atoms with E-state index in [1.807, 2.05) is 41.4 Å². The van der Waals surface area contributed by atoms with Gasteiger partial charge in [-0.15, -0.1) is 0 Å². The van der Waals surface area contributed by atoms with Gasteiger partial charge in [-0.05, 0) is 33.6 Å². The maximum atomic E-state index is 13.2.